The molecule has 0 aliphatic heterocycles. The number of ether oxygens (including phenoxy) is 2. The Morgan fingerprint density at radius 2 is 2.00 bits per heavy atom. The number of nitrogens with zero attached hydrogens (tertiary/aromatic N) is 1. The molecule has 1 aliphatic rings. The molecule has 102 valence electrons. The predicted octanol–water partition coefficient (Wildman–Crippen LogP) is 1.11. The van der Waals surface area contributed by atoms with Gasteiger partial charge in [0.2, 0.25) is 0 Å². The van der Waals surface area contributed by atoms with Crippen molar-refractivity contribution in [3.05, 3.63) is 0 Å². The minimum absolute atomic E-state index is 0.792. The van der Waals surface area contributed by atoms with Gasteiger partial charge in [-0.1, -0.05) is 6.92 Å². The number of hydrogen-bond donors (Lipinski definition) is 1. The topological polar surface area (TPSA) is 33.7 Å². The van der Waals surface area contributed by atoms with Gasteiger partial charge in [-0.2, -0.15) is 0 Å². The molecule has 0 bridgehead atoms. The fraction of sp³-hybridized carbons (Fsp3) is 1.00. The second kappa shape index (κ2) is 9.83. The third-order valence-corrected chi connectivity index (χ3v) is 3.11. The van der Waals surface area contributed by atoms with Crippen LogP contribution in [-0.2, 0) is 9.47 Å². The summed E-state index contributed by atoms with van der Waals surface area (Å²) in [5, 5.41) is 3.43. The molecule has 4 heteroatoms. The summed E-state index contributed by atoms with van der Waals surface area (Å²) in [5.74, 6) is 0. The van der Waals surface area contributed by atoms with Gasteiger partial charge in [0.05, 0.1) is 6.61 Å². The van der Waals surface area contributed by atoms with Crippen molar-refractivity contribution >= 4 is 0 Å². The van der Waals surface area contributed by atoms with Crippen LogP contribution in [0.4, 0.5) is 0 Å². The molecule has 0 aromatic rings. The number of methoxy groups -OCH3 is 1. The number of rotatable bonds is 12. The zero-order chi connectivity index (χ0) is 12.3. The van der Waals surface area contributed by atoms with Crippen molar-refractivity contribution < 1.29 is 9.47 Å². The second-order valence-electron chi connectivity index (χ2n) is 4.57. The molecule has 1 saturated carbocycles. The molecule has 0 aromatic heterocycles. The average Bonchev–Trinajstić information content (AvgIpc) is 3.16. The summed E-state index contributed by atoms with van der Waals surface area (Å²) in [5.41, 5.74) is 0. The molecular weight excluding hydrogens is 216 g/mol. The van der Waals surface area contributed by atoms with Crippen molar-refractivity contribution in [2.75, 3.05) is 53.1 Å². The predicted molar refractivity (Wildman–Crippen MR) is 70.5 cm³/mol. The molecule has 0 spiro atoms. The first-order chi connectivity index (χ1) is 8.38. The zero-order valence-corrected chi connectivity index (χ0v) is 11.4. The van der Waals surface area contributed by atoms with E-state index in [9.17, 15) is 0 Å². The van der Waals surface area contributed by atoms with E-state index in [1.165, 1.54) is 25.9 Å². The van der Waals surface area contributed by atoms with Crippen molar-refractivity contribution in [3.8, 4) is 0 Å². The van der Waals surface area contributed by atoms with Crippen LogP contribution in [0, 0.1) is 0 Å². The summed E-state index contributed by atoms with van der Waals surface area (Å²) in [7, 11) is 1.72. The van der Waals surface area contributed by atoms with E-state index in [4.69, 9.17) is 9.47 Å². The maximum absolute atomic E-state index is 5.47. The van der Waals surface area contributed by atoms with Crippen LogP contribution in [-0.4, -0.2) is 64.1 Å². The highest BCUT2D eigenvalue weighted by atomic mass is 16.5. The lowest BCUT2D eigenvalue weighted by molar-refractivity contribution is 0.104. The van der Waals surface area contributed by atoms with Crippen LogP contribution in [0.1, 0.15) is 26.2 Å². The van der Waals surface area contributed by atoms with Crippen LogP contribution in [0.25, 0.3) is 0 Å². The van der Waals surface area contributed by atoms with Gasteiger partial charge in [-0.25, -0.2) is 0 Å². The first-order valence-electron chi connectivity index (χ1n) is 6.90. The maximum Gasteiger partial charge on any atom is 0.0590 e. The molecule has 0 unspecified atom stereocenters. The van der Waals surface area contributed by atoms with Crippen LogP contribution >= 0.6 is 0 Å². The Morgan fingerprint density at radius 1 is 1.18 bits per heavy atom. The fourth-order valence-corrected chi connectivity index (χ4v) is 1.94. The molecule has 0 heterocycles. The molecule has 1 rings (SSSR count). The van der Waals surface area contributed by atoms with E-state index in [0.29, 0.717) is 0 Å². The standard InChI is InChI=1S/C13H28N2O2/c1-3-15(13-5-6-13)9-7-14-8-12-17-11-4-10-16-2/h13-14H,3-12H2,1-2H3. The van der Waals surface area contributed by atoms with Gasteiger partial charge in [0.25, 0.3) is 0 Å². The summed E-state index contributed by atoms with van der Waals surface area (Å²) >= 11 is 0. The van der Waals surface area contributed by atoms with Crippen LogP contribution in [0.2, 0.25) is 0 Å². The van der Waals surface area contributed by atoms with Gasteiger partial charge in [-0.05, 0) is 25.8 Å². The summed E-state index contributed by atoms with van der Waals surface area (Å²) in [6.07, 6.45) is 3.79. The Labute approximate surface area is 106 Å². The Bertz CT molecular complexity index is 175. The number of hydrogen-bond acceptors (Lipinski definition) is 4. The van der Waals surface area contributed by atoms with E-state index in [-0.39, 0.29) is 0 Å². The van der Waals surface area contributed by atoms with Gasteiger partial charge in [0, 0.05) is 46.0 Å². The first kappa shape index (κ1) is 14.9. The quantitative estimate of drug-likeness (QED) is 0.522. The minimum atomic E-state index is 0.792. The van der Waals surface area contributed by atoms with Crippen molar-refractivity contribution in [2.45, 2.75) is 32.2 Å². The highest BCUT2D eigenvalue weighted by Crippen LogP contribution is 2.25. The second-order valence-corrected chi connectivity index (χ2v) is 4.57. The van der Waals surface area contributed by atoms with Gasteiger partial charge >= 0.3 is 0 Å². The third-order valence-electron chi connectivity index (χ3n) is 3.11. The van der Waals surface area contributed by atoms with E-state index >= 15 is 0 Å². The molecule has 1 aliphatic carbocycles. The number of nitrogens with one attached hydrogen (secondary N) is 1. The highest BCUT2D eigenvalue weighted by Gasteiger charge is 2.26. The fourth-order valence-electron chi connectivity index (χ4n) is 1.94. The first-order valence-corrected chi connectivity index (χ1v) is 6.90. The van der Waals surface area contributed by atoms with E-state index < -0.39 is 0 Å². The average molecular weight is 244 g/mol. The van der Waals surface area contributed by atoms with E-state index in [0.717, 1.165) is 45.4 Å². The van der Waals surface area contributed by atoms with Gasteiger partial charge in [0.1, 0.15) is 0 Å². The van der Waals surface area contributed by atoms with E-state index in [1.54, 1.807) is 7.11 Å². The van der Waals surface area contributed by atoms with Gasteiger partial charge in [-0.15, -0.1) is 0 Å². The molecule has 17 heavy (non-hydrogen) atoms. The molecule has 4 nitrogen and oxygen atoms in total. The summed E-state index contributed by atoms with van der Waals surface area (Å²) in [6, 6.07) is 0.882. The zero-order valence-electron chi connectivity index (χ0n) is 11.4. The van der Waals surface area contributed by atoms with Crippen LogP contribution in [0.15, 0.2) is 0 Å². The summed E-state index contributed by atoms with van der Waals surface area (Å²) in [4.78, 5) is 2.56. The van der Waals surface area contributed by atoms with Crippen molar-refractivity contribution in [3.63, 3.8) is 0 Å². The van der Waals surface area contributed by atoms with Gasteiger partial charge in [0.15, 0.2) is 0 Å². The molecule has 0 saturated heterocycles. The molecule has 0 amide bonds. The largest absolute Gasteiger partial charge is 0.385 e. The molecule has 0 atom stereocenters. The minimum Gasteiger partial charge on any atom is -0.385 e. The molecule has 1 fully saturated rings. The highest BCUT2D eigenvalue weighted by molar-refractivity contribution is 4.83. The maximum atomic E-state index is 5.47. The lowest BCUT2D eigenvalue weighted by Gasteiger charge is -2.19. The summed E-state index contributed by atoms with van der Waals surface area (Å²) < 4.78 is 10.4. The SMILES string of the molecule is CCN(CCNCCOCCCOC)C1CC1. The monoisotopic (exact) mass is 244 g/mol. The molecular formula is C13H28N2O2. The lowest BCUT2D eigenvalue weighted by atomic mass is 10.4. The third kappa shape index (κ3) is 7.71. The van der Waals surface area contributed by atoms with Gasteiger partial charge < -0.3 is 14.8 Å². The van der Waals surface area contributed by atoms with Crippen molar-refractivity contribution in [2.24, 2.45) is 0 Å². The molecule has 0 radical (unpaired) electrons. The number of likely N-dealkylation sites (N-methyl/N-ethyl adjacent to an activating group) is 1. The Morgan fingerprint density at radius 3 is 2.65 bits per heavy atom. The van der Waals surface area contributed by atoms with Crippen molar-refractivity contribution in [1.29, 1.82) is 0 Å². The molecule has 1 N–H and O–H groups in total. The van der Waals surface area contributed by atoms with Gasteiger partial charge in [-0.3, -0.25) is 4.90 Å². The normalized spacial score (nSPS) is 15.7. The van der Waals surface area contributed by atoms with Crippen molar-refractivity contribution in [1.82, 2.24) is 10.2 Å². The van der Waals surface area contributed by atoms with Crippen LogP contribution in [0.5, 0.6) is 0 Å². The van der Waals surface area contributed by atoms with E-state index in [2.05, 4.69) is 17.1 Å². The van der Waals surface area contributed by atoms with E-state index in [1.807, 2.05) is 0 Å². The Hall–Kier alpha value is -0.160. The van der Waals surface area contributed by atoms with Crippen LogP contribution in [0.3, 0.4) is 0 Å². The van der Waals surface area contributed by atoms with Crippen LogP contribution < -0.4 is 5.32 Å². The Kier molecular flexibility index (Phi) is 8.61. The Balaban J connectivity index is 1.77. The lowest BCUT2D eigenvalue weighted by Crippen LogP contribution is -2.34. The smallest absolute Gasteiger partial charge is 0.0590 e. The molecule has 0 aromatic carbocycles. The summed E-state index contributed by atoms with van der Waals surface area (Å²) in [6.45, 7) is 9.03.